The van der Waals surface area contributed by atoms with E-state index in [1.165, 1.54) is 11.5 Å². The summed E-state index contributed by atoms with van der Waals surface area (Å²) in [5.74, 6) is -0.702. The predicted molar refractivity (Wildman–Crippen MR) is 94.2 cm³/mol. The number of imidazole rings is 1. The van der Waals surface area contributed by atoms with E-state index in [0.717, 1.165) is 6.07 Å². The van der Waals surface area contributed by atoms with Crippen molar-refractivity contribution in [3.8, 4) is 11.5 Å². The van der Waals surface area contributed by atoms with Crippen molar-refractivity contribution in [3.05, 3.63) is 35.7 Å². The van der Waals surface area contributed by atoms with Gasteiger partial charge in [-0.25, -0.2) is 18.4 Å². The Balaban J connectivity index is 2.34. The lowest BCUT2D eigenvalue weighted by atomic mass is 10.2. The highest BCUT2D eigenvalue weighted by Crippen LogP contribution is 2.36. The summed E-state index contributed by atoms with van der Waals surface area (Å²) in [5.41, 5.74) is -2.90. The zero-order chi connectivity index (χ0) is 22.5. The first-order chi connectivity index (χ1) is 13.8. The van der Waals surface area contributed by atoms with Crippen molar-refractivity contribution in [2.24, 2.45) is 0 Å². The quantitative estimate of drug-likeness (QED) is 0.551. The topological polar surface area (TPSA) is 77.7 Å². The van der Waals surface area contributed by atoms with Crippen LogP contribution in [0, 0.1) is 0 Å². The Bertz CT molecular complexity index is 1220. The third kappa shape index (κ3) is 3.85. The number of nitrogens with zero attached hydrogens (tertiary/aromatic N) is 4. The number of aryl methyl sites for hydroxylation is 1. The molecule has 3 rings (SSSR count). The Morgan fingerprint density at radius 2 is 1.50 bits per heavy atom. The standard InChI is InChI=1S/C17H14F6N4O2S/c1-3-27-14-11(5-9(8-25-14)16(18,19)20)26-15(27)13-12(30(28,29)4-2)6-10(7-24-13)17(21,22)23/h5-8H,3-4H2,1-2H3. The minimum Gasteiger partial charge on any atom is -0.308 e. The summed E-state index contributed by atoms with van der Waals surface area (Å²) in [4.78, 5) is 10.7. The number of fused-ring (bicyclic) bond motifs is 1. The first-order valence-electron chi connectivity index (χ1n) is 8.53. The lowest BCUT2D eigenvalue weighted by Gasteiger charge is -2.13. The number of halogens is 6. The van der Waals surface area contributed by atoms with Crippen molar-refractivity contribution in [1.29, 1.82) is 0 Å². The molecule has 3 aromatic rings. The monoisotopic (exact) mass is 452 g/mol. The number of hydrogen-bond acceptors (Lipinski definition) is 5. The first kappa shape index (κ1) is 22.0. The van der Waals surface area contributed by atoms with Crippen molar-refractivity contribution in [2.75, 3.05) is 5.75 Å². The van der Waals surface area contributed by atoms with Crippen LogP contribution in [0.25, 0.3) is 22.7 Å². The van der Waals surface area contributed by atoms with Gasteiger partial charge in [-0.1, -0.05) is 6.92 Å². The van der Waals surface area contributed by atoms with Crippen LogP contribution in [0.15, 0.2) is 29.4 Å². The highest BCUT2D eigenvalue weighted by molar-refractivity contribution is 7.91. The highest BCUT2D eigenvalue weighted by Gasteiger charge is 2.35. The summed E-state index contributed by atoms with van der Waals surface area (Å²) >= 11 is 0. The van der Waals surface area contributed by atoms with Gasteiger partial charge in [0.2, 0.25) is 0 Å². The molecular weight excluding hydrogens is 438 g/mol. The van der Waals surface area contributed by atoms with Crippen LogP contribution in [-0.2, 0) is 28.7 Å². The van der Waals surface area contributed by atoms with Gasteiger partial charge in [0, 0.05) is 18.9 Å². The van der Waals surface area contributed by atoms with Crippen molar-refractivity contribution in [2.45, 2.75) is 37.6 Å². The van der Waals surface area contributed by atoms with Crippen LogP contribution in [0.5, 0.6) is 0 Å². The van der Waals surface area contributed by atoms with Gasteiger partial charge in [0.15, 0.2) is 21.3 Å². The smallest absolute Gasteiger partial charge is 0.308 e. The zero-order valence-electron chi connectivity index (χ0n) is 15.5. The molecule has 0 amide bonds. The van der Waals surface area contributed by atoms with Crippen LogP contribution in [0.1, 0.15) is 25.0 Å². The second-order valence-corrected chi connectivity index (χ2v) is 8.46. The van der Waals surface area contributed by atoms with Crippen molar-refractivity contribution in [3.63, 3.8) is 0 Å². The number of alkyl halides is 6. The lowest BCUT2D eigenvalue weighted by Crippen LogP contribution is -2.13. The third-order valence-electron chi connectivity index (χ3n) is 4.34. The molecule has 0 aliphatic rings. The zero-order valence-corrected chi connectivity index (χ0v) is 16.3. The van der Waals surface area contributed by atoms with Crippen molar-refractivity contribution >= 4 is 21.0 Å². The molecule has 162 valence electrons. The van der Waals surface area contributed by atoms with E-state index in [-0.39, 0.29) is 23.5 Å². The van der Waals surface area contributed by atoms with E-state index in [0.29, 0.717) is 18.5 Å². The van der Waals surface area contributed by atoms with E-state index in [2.05, 4.69) is 15.0 Å². The van der Waals surface area contributed by atoms with Gasteiger partial charge in [-0.05, 0) is 19.1 Å². The summed E-state index contributed by atoms with van der Waals surface area (Å²) in [7, 11) is -4.17. The first-order valence-corrected chi connectivity index (χ1v) is 10.2. The van der Waals surface area contributed by atoms with E-state index in [1.54, 1.807) is 6.92 Å². The van der Waals surface area contributed by atoms with Crippen LogP contribution in [-0.4, -0.2) is 33.7 Å². The summed E-state index contributed by atoms with van der Waals surface area (Å²) < 4.78 is 104. The van der Waals surface area contributed by atoms with Crippen LogP contribution in [0.2, 0.25) is 0 Å². The minimum atomic E-state index is -4.84. The average Bonchev–Trinajstić information content (AvgIpc) is 3.03. The lowest BCUT2D eigenvalue weighted by molar-refractivity contribution is -0.138. The Hall–Kier alpha value is -2.70. The summed E-state index contributed by atoms with van der Waals surface area (Å²) in [6.07, 6.45) is -8.46. The molecule has 3 aromatic heterocycles. The van der Waals surface area contributed by atoms with Crippen molar-refractivity contribution < 1.29 is 34.8 Å². The van der Waals surface area contributed by atoms with Gasteiger partial charge in [0.1, 0.15) is 11.2 Å². The van der Waals surface area contributed by atoms with Gasteiger partial charge in [0.25, 0.3) is 0 Å². The molecule has 0 atom stereocenters. The Labute approximate surface area is 166 Å². The fourth-order valence-corrected chi connectivity index (χ4v) is 3.86. The average molecular weight is 452 g/mol. The van der Waals surface area contributed by atoms with E-state index in [1.807, 2.05) is 0 Å². The van der Waals surface area contributed by atoms with Gasteiger partial charge >= 0.3 is 12.4 Å². The number of hydrogen-bond donors (Lipinski definition) is 0. The van der Waals surface area contributed by atoms with Crippen molar-refractivity contribution in [1.82, 2.24) is 19.5 Å². The molecule has 0 unspecified atom stereocenters. The molecule has 0 aliphatic heterocycles. The van der Waals surface area contributed by atoms with Gasteiger partial charge in [-0.3, -0.25) is 4.98 Å². The molecule has 0 N–H and O–H groups in total. The van der Waals surface area contributed by atoms with Gasteiger partial charge in [-0.2, -0.15) is 26.3 Å². The second-order valence-electron chi connectivity index (χ2n) is 6.22. The summed E-state index contributed by atoms with van der Waals surface area (Å²) in [6, 6.07) is 1.19. The molecule has 0 fully saturated rings. The van der Waals surface area contributed by atoms with Gasteiger partial charge in [-0.15, -0.1) is 0 Å². The Morgan fingerprint density at radius 1 is 0.933 bits per heavy atom. The van der Waals surface area contributed by atoms with Gasteiger partial charge < -0.3 is 4.57 Å². The largest absolute Gasteiger partial charge is 0.417 e. The van der Waals surface area contributed by atoms with Gasteiger partial charge in [0.05, 0.1) is 21.8 Å². The molecule has 13 heteroatoms. The Morgan fingerprint density at radius 3 is 2.03 bits per heavy atom. The SMILES string of the molecule is CCn1c(-c2ncc(C(F)(F)F)cc2S(=O)(=O)CC)nc2cc(C(F)(F)F)cnc21. The highest BCUT2D eigenvalue weighted by atomic mass is 32.2. The molecule has 0 radical (unpaired) electrons. The third-order valence-corrected chi connectivity index (χ3v) is 6.08. The number of sulfone groups is 1. The maximum atomic E-state index is 13.1. The molecule has 0 saturated carbocycles. The molecular formula is C17H14F6N4O2S. The molecule has 0 aromatic carbocycles. The van der Waals surface area contributed by atoms with E-state index in [4.69, 9.17) is 0 Å². The van der Waals surface area contributed by atoms with E-state index < -0.39 is 49.7 Å². The van der Waals surface area contributed by atoms with E-state index in [9.17, 15) is 34.8 Å². The maximum Gasteiger partial charge on any atom is 0.417 e. The van der Waals surface area contributed by atoms with Crippen LogP contribution >= 0.6 is 0 Å². The number of aromatic nitrogens is 4. The number of rotatable bonds is 4. The normalized spacial score (nSPS) is 13.2. The van der Waals surface area contributed by atoms with Crippen LogP contribution in [0.4, 0.5) is 26.3 Å². The molecule has 0 spiro atoms. The van der Waals surface area contributed by atoms with E-state index >= 15 is 0 Å². The maximum absolute atomic E-state index is 13.1. The molecule has 0 bridgehead atoms. The fraction of sp³-hybridized carbons (Fsp3) is 0.353. The molecule has 3 heterocycles. The van der Waals surface area contributed by atoms with Crippen LogP contribution < -0.4 is 0 Å². The molecule has 6 nitrogen and oxygen atoms in total. The van der Waals surface area contributed by atoms with Crippen LogP contribution in [0.3, 0.4) is 0 Å². The molecule has 0 saturated heterocycles. The molecule has 30 heavy (non-hydrogen) atoms. The Kier molecular flexibility index (Phi) is 5.29. The fourth-order valence-electron chi connectivity index (χ4n) is 2.81. The summed E-state index contributed by atoms with van der Waals surface area (Å²) in [6.45, 7) is 2.96. The predicted octanol–water partition coefficient (Wildman–Crippen LogP) is 4.34. The minimum absolute atomic E-state index is 0.0158. The molecule has 0 aliphatic carbocycles. The second kappa shape index (κ2) is 7.22. The summed E-state index contributed by atoms with van der Waals surface area (Å²) in [5, 5.41) is 0. The number of pyridine rings is 2.